The first-order chi connectivity index (χ1) is 6.75. The highest BCUT2D eigenvalue weighted by Gasteiger charge is 2.15. The number of rotatable bonds is 5. The predicted octanol–water partition coefficient (Wildman–Crippen LogP) is 0.511. The van der Waals surface area contributed by atoms with E-state index in [9.17, 15) is 4.79 Å². The van der Waals surface area contributed by atoms with Crippen LogP contribution in [0.1, 0.15) is 10.9 Å². The molecule has 0 bridgehead atoms. The van der Waals surface area contributed by atoms with Crippen LogP contribution in [0.2, 0.25) is 0 Å². The van der Waals surface area contributed by atoms with E-state index in [1.807, 2.05) is 17.5 Å². The molecule has 0 aliphatic rings. The van der Waals surface area contributed by atoms with Crippen molar-refractivity contribution in [1.82, 2.24) is 5.32 Å². The van der Waals surface area contributed by atoms with Crippen molar-refractivity contribution in [1.29, 1.82) is 0 Å². The third kappa shape index (κ3) is 3.10. The summed E-state index contributed by atoms with van der Waals surface area (Å²) >= 11 is 1.48. The molecule has 1 aromatic rings. The standard InChI is InChI=1S/C9H14N2O2S/c1-13-5-4-11-9(12)8(10)7-3-2-6-14-7/h2-3,6,8H,4-5,10H2,1H3,(H,11,12). The zero-order chi connectivity index (χ0) is 10.4. The number of amides is 1. The van der Waals surface area contributed by atoms with Gasteiger partial charge < -0.3 is 15.8 Å². The first-order valence-corrected chi connectivity index (χ1v) is 5.19. The Labute approximate surface area is 87.1 Å². The lowest BCUT2D eigenvalue weighted by atomic mass is 10.2. The van der Waals surface area contributed by atoms with E-state index < -0.39 is 6.04 Å². The number of methoxy groups -OCH3 is 1. The van der Waals surface area contributed by atoms with Gasteiger partial charge in [0.1, 0.15) is 6.04 Å². The topological polar surface area (TPSA) is 64.3 Å². The molecule has 0 saturated heterocycles. The summed E-state index contributed by atoms with van der Waals surface area (Å²) in [6.07, 6.45) is 0. The van der Waals surface area contributed by atoms with Gasteiger partial charge in [-0.25, -0.2) is 0 Å². The molecule has 5 heteroatoms. The number of thiophene rings is 1. The number of carbonyl (C=O) groups is 1. The Balaban J connectivity index is 2.37. The lowest BCUT2D eigenvalue weighted by Gasteiger charge is -2.09. The second-order valence-corrected chi connectivity index (χ2v) is 3.76. The summed E-state index contributed by atoms with van der Waals surface area (Å²) in [5.74, 6) is -0.163. The molecule has 1 heterocycles. The van der Waals surface area contributed by atoms with E-state index >= 15 is 0 Å². The Hall–Kier alpha value is -0.910. The van der Waals surface area contributed by atoms with E-state index in [0.29, 0.717) is 13.2 Å². The summed E-state index contributed by atoms with van der Waals surface area (Å²) in [5.41, 5.74) is 5.72. The van der Waals surface area contributed by atoms with E-state index in [1.165, 1.54) is 11.3 Å². The van der Waals surface area contributed by atoms with Crippen molar-refractivity contribution in [2.45, 2.75) is 6.04 Å². The zero-order valence-corrected chi connectivity index (χ0v) is 8.84. The highest BCUT2D eigenvalue weighted by molar-refractivity contribution is 7.10. The number of nitrogens with two attached hydrogens (primary N) is 1. The van der Waals surface area contributed by atoms with Crippen LogP contribution in [-0.2, 0) is 9.53 Å². The van der Waals surface area contributed by atoms with E-state index in [-0.39, 0.29) is 5.91 Å². The summed E-state index contributed by atoms with van der Waals surface area (Å²) in [6, 6.07) is 3.17. The molecule has 0 aromatic carbocycles. The molecule has 0 aliphatic carbocycles. The average molecular weight is 214 g/mol. The smallest absolute Gasteiger partial charge is 0.242 e. The van der Waals surface area contributed by atoms with Gasteiger partial charge in [-0.2, -0.15) is 0 Å². The number of nitrogens with one attached hydrogen (secondary N) is 1. The second-order valence-electron chi connectivity index (χ2n) is 2.78. The summed E-state index contributed by atoms with van der Waals surface area (Å²) in [5, 5.41) is 4.59. The first-order valence-electron chi connectivity index (χ1n) is 4.31. The highest BCUT2D eigenvalue weighted by Crippen LogP contribution is 2.16. The van der Waals surface area contributed by atoms with E-state index in [2.05, 4.69) is 5.32 Å². The molecule has 78 valence electrons. The largest absolute Gasteiger partial charge is 0.383 e. The number of hydrogen-bond donors (Lipinski definition) is 2. The van der Waals surface area contributed by atoms with Gasteiger partial charge >= 0.3 is 0 Å². The van der Waals surface area contributed by atoms with E-state index in [1.54, 1.807) is 7.11 Å². The van der Waals surface area contributed by atoms with Crippen LogP contribution in [0.3, 0.4) is 0 Å². The van der Waals surface area contributed by atoms with Crippen LogP contribution >= 0.6 is 11.3 Å². The molecule has 3 N–H and O–H groups in total. The normalized spacial score (nSPS) is 12.4. The van der Waals surface area contributed by atoms with Gasteiger partial charge in [-0.15, -0.1) is 11.3 Å². The van der Waals surface area contributed by atoms with Crippen molar-refractivity contribution in [3.63, 3.8) is 0 Å². The molecule has 14 heavy (non-hydrogen) atoms. The monoisotopic (exact) mass is 214 g/mol. The molecule has 1 unspecified atom stereocenters. The number of hydrogen-bond acceptors (Lipinski definition) is 4. The Morgan fingerprint density at radius 3 is 3.14 bits per heavy atom. The lowest BCUT2D eigenvalue weighted by Crippen LogP contribution is -2.35. The molecule has 1 amide bonds. The molecule has 0 fully saturated rings. The van der Waals surface area contributed by atoms with Gasteiger partial charge in [-0.3, -0.25) is 4.79 Å². The molecule has 0 aliphatic heterocycles. The minimum absolute atomic E-state index is 0.163. The maximum atomic E-state index is 11.4. The Kier molecular flexibility index (Phi) is 4.58. The van der Waals surface area contributed by atoms with Crippen LogP contribution in [0.5, 0.6) is 0 Å². The average Bonchev–Trinajstić information content (AvgIpc) is 2.69. The van der Waals surface area contributed by atoms with Crippen LogP contribution in [0, 0.1) is 0 Å². The van der Waals surface area contributed by atoms with E-state index in [4.69, 9.17) is 10.5 Å². The minimum Gasteiger partial charge on any atom is -0.383 e. The van der Waals surface area contributed by atoms with Crippen molar-refractivity contribution < 1.29 is 9.53 Å². The molecule has 1 rings (SSSR count). The van der Waals surface area contributed by atoms with E-state index in [0.717, 1.165) is 4.88 Å². The van der Waals surface area contributed by atoms with Crippen molar-refractivity contribution >= 4 is 17.2 Å². The van der Waals surface area contributed by atoms with Gasteiger partial charge in [0.05, 0.1) is 6.61 Å². The molecule has 0 radical (unpaired) electrons. The predicted molar refractivity (Wildman–Crippen MR) is 56.1 cm³/mol. The number of ether oxygens (including phenoxy) is 1. The fraction of sp³-hybridized carbons (Fsp3) is 0.444. The zero-order valence-electron chi connectivity index (χ0n) is 8.03. The quantitative estimate of drug-likeness (QED) is 0.702. The van der Waals surface area contributed by atoms with Crippen LogP contribution < -0.4 is 11.1 Å². The maximum Gasteiger partial charge on any atom is 0.242 e. The van der Waals surface area contributed by atoms with Crippen molar-refractivity contribution in [2.75, 3.05) is 20.3 Å². The third-order valence-electron chi connectivity index (χ3n) is 1.74. The van der Waals surface area contributed by atoms with Gasteiger partial charge in [0.15, 0.2) is 0 Å². The molecular formula is C9H14N2O2S. The van der Waals surface area contributed by atoms with Gasteiger partial charge in [0, 0.05) is 18.5 Å². The summed E-state index contributed by atoms with van der Waals surface area (Å²) in [7, 11) is 1.59. The second kappa shape index (κ2) is 5.74. The maximum absolute atomic E-state index is 11.4. The summed E-state index contributed by atoms with van der Waals surface area (Å²) < 4.78 is 4.81. The SMILES string of the molecule is COCCNC(=O)C(N)c1cccs1. The molecule has 0 spiro atoms. The van der Waals surface area contributed by atoms with Crippen LogP contribution in [-0.4, -0.2) is 26.2 Å². The molecule has 1 aromatic heterocycles. The summed E-state index contributed by atoms with van der Waals surface area (Å²) in [4.78, 5) is 12.3. The fourth-order valence-electron chi connectivity index (χ4n) is 0.984. The van der Waals surface area contributed by atoms with Crippen molar-refractivity contribution in [3.8, 4) is 0 Å². The van der Waals surface area contributed by atoms with Crippen molar-refractivity contribution in [2.24, 2.45) is 5.73 Å². The summed E-state index contributed by atoms with van der Waals surface area (Å²) in [6.45, 7) is 0.997. The minimum atomic E-state index is -0.563. The van der Waals surface area contributed by atoms with Gasteiger partial charge in [0.2, 0.25) is 5.91 Å². The Bertz CT molecular complexity index is 274. The molecule has 1 atom stereocenters. The lowest BCUT2D eigenvalue weighted by molar-refractivity contribution is -0.122. The fourth-order valence-corrected chi connectivity index (χ4v) is 1.71. The molecule has 0 saturated carbocycles. The van der Waals surface area contributed by atoms with Crippen LogP contribution in [0.4, 0.5) is 0 Å². The van der Waals surface area contributed by atoms with Crippen LogP contribution in [0.25, 0.3) is 0 Å². The Morgan fingerprint density at radius 2 is 2.57 bits per heavy atom. The third-order valence-corrected chi connectivity index (χ3v) is 2.69. The van der Waals surface area contributed by atoms with Gasteiger partial charge in [-0.05, 0) is 11.4 Å². The van der Waals surface area contributed by atoms with Gasteiger partial charge in [0.25, 0.3) is 0 Å². The molecular weight excluding hydrogens is 200 g/mol. The Morgan fingerprint density at radius 1 is 1.79 bits per heavy atom. The van der Waals surface area contributed by atoms with Gasteiger partial charge in [-0.1, -0.05) is 6.07 Å². The van der Waals surface area contributed by atoms with Crippen molar-refractivity contribution in [3.05, 3.63) is 22.4 Å². The first kappa shape index (κ1) is 11.2. The molecule has 4 nitrogen and oxygen atoms in total. The van der Waals surface area contributed by atoms with Crippen LogP contribution in [0.15, 0.2) is 17.5 Å². The number of carbonyl (C=O) groups excluding carboxylic acids is 1. The highest BCUT2D eigenvalue weighted by atomic mass is 32.1.